The minimum absolute atomic E-state index is 0.00764. The highest BCUT2D eigenvalue weighted by Crippen LogP contribution is 2.16. The topological polar surface area (TPSA) is 93.7 Å². The highest BCUT2D eigenvalue weighted by Gasteiger charge is 2.24. The average molecular weight is 378 g/mol. The number of halogens is 1. The first-order valence-electron chi connectivity index (χ1n) is 8.52. The van der Waals surface area contributed by atoms with Gasteiger partial charge in [0.2, 0.25) is 0 Å². The van der Waals surface area contributed by atoms with Crippen LogP contribution in [0.3, 0.4) is 0 Å². The summed E-state index contributed by atoms with van der Waals surface area (Å²) in [4.78, 5) is 35.9. The van der Waals surface area contributed by atoms with Crippen molar-refractivity contribution in [2.75, 3.05) is 25.1 Å². The van der Waals surface area contributed by atoms with Gasteiger partial charge in [-0.1, -0.05) is 5.92 Å². The van der Waals surface area contributed by atoms with Gasteiger partial charge in [0, 0.05) is 12.0 Å². The number of amides is 1. The van der Waals surface area contributed by atoms with Crippen LogP contribution in [0.1, 0.15) is 37.0 Å². The lowest BCUT2D eigenvalue weighted by Gasteiger charge is -2.17. The standard InChI is InChI=1S/C19H23FN2O5/c1-4-11-21-15-8-7-13(12-14(15)20)18(24)22-16(19(25)27-6-3)9-10-17(23)26-5-2/h1,7-8,12,16,21H,5-6,9-11H2,2-3H3,(H,22,24)/t16-/m0/s1. The van der Waals surface area contributed by atoms with Gasteiger partial charge < -0.3 is 20.1 Å². The maximum Gasteiger partial charge on any atom is 0.328 e. The molecule has 0 radical (unpaired) electrons. The molecule has 0 aliphatic carbocycles. The maximum atomic E-state index is 14.0. The Bertz CT molecular complexity index is 715. The average Bonchev–Trinajstić information content (AvgIpc) is 2.64. The summed E-state index contributed by atoms with van der Waals surface area (Å²) in [6.07, 6.45) is 5.04. The number of carbonyl (C=O) groups is 3. The Kier molecular flexibility index (Phi) is 9.37. The summed E-state index contributed by atoms with van der Waals surface area (Å²) in [6, 6.07) is 2.75. The molecule has 1 atom stereocenters. The van der Waals surface area contributed by atoms with E-state index in [1.54, 1.807) is 13.8 Å². The second-order valence-electron chi connectivity index (χ2n) is 5.37. The van der Waals surface area contributed by atoms with Gasteiger partial charge in [-0.15, -0.1) is 6.42 Å². The molecule has 0 bridgehead atoms. The fraction of sp³-hybridized carbons (Fsp3) is 0.421. The van der Waals surface area contributed by atoms with Crippen LogP contribution in [0.25, 0.3) is 0 Å². The molecule has 2 N–H and O–H groups in total. The zero-order valence-corrected chi connectivity index (χ0v) is 15.3. The molecule has 0 spiro atoms. The molecule has 0 fully saturated rings. The van der Waals surface area contributed by atoms with E-state index in [0.29, 0.717) is 0 Å². The van der Waals surface area contributed by atoms with Crippen molar-refractivity contribution in [1.82, 2.24) is 5.32 Å². The summed E-state index contributed by atoms with van der Waals surface area (Å²) in [5, 5.41) is 5.15. The molecule has 8 heteroatoms. The number of benzene rings is 1. The third-order valence-corrected chi connectivity index (χ3v) is 3.43. The van der Waals surface area contributed by atoms with E-state index in [2.05, 4.69) is 16.6 Å². The van der Waals surface area contributed by atoms with Crippen LogP contribution in [0.5, 0.6) is 0 Å². The largest absolute Gasteiger partial charge is 0.466 e. The van der Waals surface area contributed by atoms with Crippen LogP contribution in [0.2, 0.25) is 0 Å². The molecule has 1 aromatic rings. The Morgan fingerprint density at radius 2 is 1.93 bits per heavy atom. The Morgan fingerprint density at radius 3 is 2.52 bits per heavy atom. The van der Waals surface area contributed by atoms with Crippen LogP contribution < -0.4 is 10.6 Å². The van der Waals surface area contributed by atoms with Crippen molar-refractivity contribution in [3.8, 4) is 12.3 Å². The van der Waals surface area contributed by atoms with Crippen molar-refractivity contribution in [3.05, 3.63) is 29.6 Å². The zero-order valence-electron chi connectivity index (χ0n) is 15.3. The molecule has 1 aromatic carbocycles. The van der Waals surface area contributed by atoms with E-state index < -0.39 is 29.7 Å². The minimum Gasteiger partial charge on any atom is -0.466 e. The molecular formula is C19H23FN2O5. The van der Waals surface area contributed by atoms with Gasteiger partial charge in [-0.2, -0.15) is 0 Å². The summed E-state index contributed by atoms with van der Waals surface area (Å²) in [7, 11) is 0. The van der Waals surface area contributed by atoms with Crippen molar-refractivity contribution >= 4 is 23.5 Å². The fourth-order valence-corrected chi connectivity index (χ4v) is 2.17. The van der Waals surface area contributed by atoms with Gasteiger partial charge in [0.05, 0.1) is 25.4 Å². The molecule has 1 rings (SSSR count). The van der Waals surface area contributed by atoms with E-state index in [9.17, 15) is 18.8 Å². The van der Waals surface area contributed by atoms with E-state index in [4.69, 9.17) is 15.9 Å². The SMILES string of the molecule is C#CCNc1ccc(C(=O)N[C@@H](CCC(=O)OCC)C(=O)OCC)cc1F. The van der Waals surface area contributed by atoms with Crippen LogP contribution in [0.15, 0.2) is 18.2 Å². The zero-order chi connectivity index (χ0) is 20.2. The van der Waals surface area contributed by atoms with Gasteiger partial charge >= 0.3 is 11.9 Å². The molecule has 146 valence electrons. The monoisotopic (exact) mass is 378 g/mol. The van der Waals surface area contributed by atoms with Gasteiger partial charge in [-0.3, -0.25) is 9.59 Å². The number of esters is 2. The lowest BCUT2D eigenvalue weighted by molar-refractivity contribution is -0.146. The molecule has 0 unspecified atom stereocenters. The number of hydrogen-bond acceptors (Lipinski definition) is 6. The van der Waals surface area contributed by atoms with Crippen molar-refractivity contribution in [1.29, 1.82) is 0 Å². The van der Waals surface area contributed by atoms with E-state index in [0.717, 1.165) is 6.07 Å². The maximum absolute atomic E-state index is 14.0. The fourth-order valence-electron chi connectivity index (χ4n) is 2.17. The summed E-state index contributed by atoms with van der Waals surface area (Å²) in [5.74, 6) is -0.173. The molecule has 7 nitrogen and oxygen atoms in total. The minimum atomic E-state index is -1.05. The second kappa shape index (κ2) is 11.5. The Hall–Kier alpha value is -3.08. The highest BCUT2D eigenvalue weighted by atomic mass is 19.1. The Labute approximate surface area is 157 Å². The molecule has 0 heterocycles. The second-order valence-corrected chi connectivity index (χ2v) is 5.37. The number of terminal acetylenes is 1. The van der Waals surface area contributed by atoms with Crippen molar-refractivity contribution in [3.63, 3.8) is 0 Å². The van der Waals surface area contributed by atoms with Crippen molar-refractivity contribution in [2.24, 2.45) is 0 Å². The van der Waals surface area contributed by atoms with Crippen LogP contribution in [0.4, 0.5) is 10.1 Å². The van der Waals surface area contributed by atoms with E-state index in [1.165, 1.54) is 12.1 Å². The number of rotatable bonds is 10. The number of nitrogens with one attached hydrogen (secondary N) is 2. The van der Waals surface area contributed by atoms with Crippen molar-refractivity contribution < 1.29 is 28.2 Å². The summed E-state index contributed by atoms with van der Waals surface area (Å²) >= 11 is 0. The molecule has 0 saturated carbocycles. The van der Waals surface area contributed by atoms with Crippen LogP contribution in [0, 0.1) is 18.2 Å². The van der Waals surface area contributed by atoms with E-state index >= 15 is 0 Å². The third kappa shape index (κ3) is 7.36. The summed E-state index contributed by atoms with van der Waals surface area (Å²) < 4.78 is 23.7. The number of anilines is 1. The van der Waals surface area contributed by atoms with Gasteiger partial charge in [-0.05, 0) is 38.5 Å². The molecule has 0 aliphatic heterocycles. The molecule has 0 saturated heterocycles. The lowest BCUT2D eigenvalue weighted by atomic mass is 10.1. The van der Waals surface area contributed by atoms with Crippen LogP contribution in [-0.2, 0) is 19.1 Å². The molecule has 1 amide bonds. The van der Waals surface area contributed by atoms with Gasteiger partial charge in [0.15, 0.2) is 0 Å². The predicted octanol–water partition coefficient (Wildman–Crippen LogP) is 1.88. The summed E-state index contributed by atoms with van der Waals surface area (Å²) in [5.41, 5.74) is 0.179. The molecule has 27 heavy (non-hydrogen) atoms. The number of ether oxygens (including phenoxy) is 2. The quantitative estimate of drug-likeness (QED) is 0.477. The number of carbonyl (C=O) groups excluding carboxylic acids is 3. The third-order valence-electron chi connectivity index (χ3n) is 3.43. The Morgan fingerprint density at radius 1 is 1.22 bits per heavy atom. The lowest BCUT2D eigenvalue weighted by Crippen LogP contribution is -2.42. The normalized spacial score (nSPS) is 11.0. The first-order chi connectivity index (χ1) is 12.9. The van der Waals surface area contributed by atoms with Crippen LogP contribution >= 0.6 is 0 Å². The first kappa shape index (κ1) is 22.0. The predicted molar refractivity (Wildman–Crippen MR) is 97.5 cm³/mol. The van der Waals surface area contributed by atoms with Gasteiger partial charge in [0.25, 0.3) is 5.91 Å². The van der Waals surface area contributed by atoms with E-state index in [1.807, 2.05) is 0 Å². The highest BCUT2D eigenvalue weighted by molar-refractivity contribution is 5.97. The van der Waals surface area contributed by atoms with E-state index in [-0.39, 0.29) is 43.9 Å². The number of hydrogen-bond donors (Lipinski definition) is 2. The smallest absolute Gasteiger partial charge is 0.328 e. The summed E-state index contributed by atoms with van der Waals surface area (Å²) in [6.45, 7) is 3.77. The molecular weight excluding hydrogens is 355 g/mol. The van der Waals surface area contributed by atoms with Crippen LogP contribution in [-0.4, -0.2) is 43.6 Å². The van der Waals surface area contributed by atoms with Gasteiger partial charge in [0.1, 0.15) is 11.9 Å². The Balaban J connectivity index is 2.82. The van der Waals surface area contributed by atoms with Gasteiger partial charge in [-0.25, -0.2) is 9.18 Å². The van der Waals surface area contributed by atoms with Crippen molar-refractivity contribution in [2.45, 2.75) is 32.7 Å². The molecule has 0 aliphatic rings. The molecule has 0 aromatic heterocycles. The first-order valence-corrected chi connectivity index (χ1v) is 8.52.